The van der Waals surface area contributed by atoms with Crippen molar-refractivity contribution in [2.75, 3.05) is 0 Å². The van der Waals surface area contributed by atoms with Gasteiger partial charge in [0.25, 0.3) is 0 Å². The van der Waals surface area contributed by atoms with Crippen LogP contribution in [0.4, 0.5) is 0 Å². The first-order chi connectivity index (χ1) is 9.22. The zero-order valence-electron chi connectivity index (χ0n) is 10.9. The van der Waals surface area contributed by atoms with E-state index in [0.29, 0.717) is 10.5 Å². The first-order valence-electron chi connectivity index (χ1n) is 6.26. The van der Waals surface area contributed by atoms with Gasteiger partial charge in [-0.1, -0.05) is 73.8 Å². The SMILES string of the molecule is C=C(Sc1ccccc1CC)C(=O)c1ccccc1. The average molecular weight is 268 g/mol. The Morgan fingerprint density at radius 2 is 1.68 bits per heavy atom. The van der Waals surface area contributed by atoms with Crippen LogP contribution in [0.5, 0.6) is 0 Å². The molecular weight excluding hydrogens is 252 g/mol. The summed E-state index contributed by atoms with van der Waals surface area (Å²) in [4.78, 5) is 13.9. The van der Waals surface area contributed by atoms with E-state index in [1.807, 2.05) is 48.5 Å². The van der Waals surface area contributed by atoms with Crippen molar-refractivity contribution in [3.63, 3.8) is 0 Å². The number of ketones is 1. The van der Waals surface area contributed by atoms with Gasteiger partial charge in [0.15, 0.2) is 5.78 Å². The highest BCUT2D eigenvalue weighted by molar-refractivity contribution is 8.04. The summed E-state index contributed by atoms with van der Waals surface area (Å²) >= 11 is 1.45. The molecular formula is C17H16OS. The summed E-state index contributed by atoms with van der Waals surface area (Å²) in [7, 11) is 0. The Morgan fingerprint density at radius 1 is 1.05 bits per heavy atom. The van der Waals surface area contributed by atoms with E-state index in [0.717, 1.165) is 11.3 Å². The maximum Gasteiger partial charge on any atom is 0.199 e. The number of thioether (sulfide) groups is 1. The van der Waals surface area contributed by atoms with Crippen molar-refractivity contribution in [2.45, 2.75) is 18.2 Å². The lowest BCUT2D eigenvalue weighted by atomic mass is 10.1. The van der Waals surface area contributed by atoms with Gasteiger partial charge in [-0.05, 0) is 18.1 Å². The summed E-state index contributed by atoms with van der Waals surface area (Å²) in [5.74, 6) is -0.00324. The minimum atomic E-state index is -0.00324. The van der Waals surface area contributed by atoms with Gasteiger partial charge in [0, 0.05) is 10.5 Å². The Hall–Kier alpha value is -1.80. The largest absolute Gasteiger partial charge is 0.288 e. The van der Waals surface area contributed by atoms with Crippen molar-refractivity contribution in [3.05, 3.63) is 77.2 Å². The summed E-state index contributed by atoms with van der Waals surface area (Å²) in [6.07, 6.45) is 0.954. The van der Waals surface area contributed by atoms with E-state index in [9.17, 15) is 4.79 Å². The number of hydrogen-bond acceptors (Lipinski definition) is 2. The molecule has 0 unspecified atom stereocenters. The molecule has 1 nitrogen and oxygen atoms in total. The van der Waals surface area contributed by atoms with Gasteiger partial charge in [-0.15, -0.1) is 0 Å². The van der Waals surface area contributed by atoms with Gasteiger partial charge >= 0.3 is 0 Å². The predicted molar refractivity (Wildman–Crippen MR) is 81.6 cm³/mol. The molecule has 0 aliphatic heterocycles. The Labute approximate surface area is 118 Å². The fraction of sp³-hybridized carbons (Fsp3) is 0.118. The zero-order chi connectivity index (χ0) is 13.7. The molecule has 0 atom stereocenters. The molecule has 0 saturated carbocycles. The Balaban J connectivity index is 2.16. The lowest BCUT2D eigenvalue weighted by Gasteiger charge is -2.08. The van der Waals surface area contributed by atoms with Crippen LogP contribution in [-0.4, -0.2) is 5.78 Å². The van der Waals surface area contributed by atoms with Gasteiger partial charge in [-0.25, -0.2) is 0 Å². The third-order valence-electron chi connectivity index (χ3n) is 2.88. The molecule has 0 aromatic heterocycles. The maximum absolute atomic E-state index is 12.2. The van der Waals surface area contributed by atoms with Crippen LogP contribution in [-0.2, 0) is 6.42 Å². The van der Waals surface area contributed by atoms with E-state index >= 15 is 0 Å². The number of hydrogen-bond donors (Lipinski definition) is 0. The number of carbonyl (C=O) groups excluding carboxylic acids is 1. The number of benzene rings is 2. The number of rotatable bonds is 5. The number of aryl methyl sites for hydroxylation is 1. The van der Waals surface area contributed by atoms with E-state index in [2.05, 4.69) is 19.6 Å². The van der Waals surface area contributed by atoms with Gasteiger partial charge in [0.1, 0.15) is 0 Å². The fourth-order valence-corrected chi connectivity index (χ4v) is 2.79. The summed E-state index contributed by atoms with van der Waals surface area (Å²) in [6.45, 7) is 6.03. The molecule has 2 rings (SSSR count). The number of Topliss-reactive ketones (excluding diaryl/α,β-unsaturated/α-hetero) is 1. The molecule has 0 aliphatic carbocycles. The molecule has 0 N–H and O–H groups in total. The van der Waals surface area contributed by atoms with Crippen molar-refractivity contribution < 1.29 is 4.79 Å². The van der Waals surface area contributed by atoms with Crippen LogP contribution in [0, 0.1) is 0 Å². The lowest BCUT2D eigenvalue weighted by Crippen LogP contribution is -1.99. The summed E-state index contributed by atoms with van der Waals surface area (Å²) < 4.78 is 0. The molecule has 2 heteroatoms. The Kier molecular flexibility index (Phi) is 4.58. The smallest absolute Gasteiger partial charge is 0.199 e. The molecule has 19 heavy (non-hydrogen) atoms. The van der Waals surface area contributed by atoms with Crippen molar-refractivity contribution in [1.82, 2.24) is 0 Å². The van der Waals surface area contributed by atoms with E-state index in [4.69, 9.17) is 0 Å². The second-order valence-electron chi connectivity index (χ2n) is 4.18. The number of allylic oxidation sites excluding steroid dienone is 1. The lowest BCUT2D eigenvalue weighted by molar-refractivity contribution is 0.104. The van der Waals surface area contributed by atoms with E-state index in [1.54, 1.807) is 0 Å². The molecule has 0 heterocycles. The summed E-state index contributed by atoms with van der Waals surface area (Å²) in [6, 6.07) is 17.4. The normalized spacial score (nSPS) is 10.2. The molecule has 0 bridgehead atoms. The van der Waals surface area contributed by atoms with Crippen LogP contribution in [0.25, 0.3) is 0 Å². The highest BCUT2D eigenvalue weighted by Crippen LogP contribution is 2.30. The van der Waals surface area contributed by atoms with Crippen molar-refractivity contribution in [2.24, 2.45) is 0 Å². The molecule has 0 saturated heterocycles. The van der Waals surface area contributed by atoms with Crippen LogP contribution in [0.3, 0.4) is 0 Å². The maximum atomic E-state index is 12.2. The second-order valence-corrected chi connectivity index (χ2v) is 5.32. The summed E-state index contributed by atoms with van der Waals surface area (Å²) in [5, 5.41) is 0. The zero-order valence-corrected chi connectivity index (χ0v) is 11.7. The molecule has 2 aromatic rings. The van der Waals surface area contributed by atoms with Crippen LogP contribution in [0.15, 0.2) is 71.0 Å². The van der Waals surface area contributed by atoms with Crippen LogP contribution >= 0.6 is 11.8 Å². The minimum Gasteiger partial charge on any atom is -0.288 e. The quantitative estimate of drug-likeness (QED) is 0.442. The molecule has 0 amide bonds. The highest BCUT2D eigenvalue weighted by Gasteiger charge is 2.12. The molecule has 0 radical (unpaired) electrons. The minimum absolute atomic E-state index is 0.00324. The van der Waals surface area contributed by atoms with Crippen molar-refractivity contribution >= 4 is 17.5 Å². The van der Waals surface area contributed by atoms with Crippen LogP contribution in [0.2, 0.25) is 0 Å². The van der Waals surface area contributed by atoms with Gasteiger partial charge < -0.3 is 0 Å². The molecule has 0 spiro atoms. The number of carbonyl (C=O) groups is 1. The third kappa shape index (κ3) is 3.36. The molecule has 96 valence electrons. The van der Waals surface area contributed by atoms with E-state index in [1.165, 1.54) is 17.3 Å². The van der Waals surface area contributed by atoms with Crippen molar-refractivity contribution in [3.8, 4) is 0 Å². The van der Waals surface area contributed by atoms with E-state index < -0.39 is 0 Å². The highest BCUT2D eigenvalue weighted by atomic mass is 32.2. The van der Waals surface area contributed by atoms with Crippen LogP contribution < -0.4 is 0 Å². The average Bonchev–Trinajstić information content (AvgIpc) is 2.48. The van der Waals surface area contributed by atoms with E-state index in [-0.39, 0.29) is 5.78 Å². The molecule has 0 fully saturated rings. The van der Waals surface area contributed by atoms with Crippen LogP contribution in [0.1, 0.15) is 22.8 Å². The predicted octanol–water partition coefficient (Wildman–Crippen LogP) is 4.74. The third-order valence-corrected chi connectivity index (χ3v) is 3.93. The van der Waals surface area contributed by atoms with Gasteiger partial charge in [-0.3, -0.25) is 4.79 Å². The van der Waals surface area contributed by atoms with Crippen molar-refractivity contribution in [1.29, 1.82) is 0 Å². The molecule has 2 aromatic carbocycles. The van der Waals surface area contributed by atoms with Gasteiger partial charge in [-0.2, -0.15) is 0 Å². The Morgan fingerprint density at radius 3 is 2.37 bits per heavy atom. The summed E-state index contributed by atoms with van der Waals surface area (Å²) in [5.41, 5.74) is 1.93. The molecule has 0 aliphatic rings. The topological polar surface area (TPSA) is 17.1 Å². The first kappa shape index (κ1) is 13.6. The first-order valence-corrected chi connectivity index (χ1v) is 7.08. The van der Waals surface area contributed by atoms with Gasteiger partial charge in [0.05, 0.1) is 4.91 Å². The fourth-order valence-electron chi connectivity index (χ4n) is 1.83. The van der Waals surface area contributed by atoms with Gasteiger partial charge in [0.2, 0.25) is 0 Å². The monoisotopic (exact) mass is 268 g/mol. The second kappa shape index (κ2) is 6.39. The Bertz CT molecular complexity index is 587. The standard InChI is InChI=1S/C17H16OS/c1-3-14-9-7-8-12-16(14)19-13(2)17(18)15-10-5-4-6-11-15/h4-12H,2-3H2,1H3.